The summed E-state index contributed by atoms with van der Waals surface area (Å²) in [6.07, 6.45) is 6.76. The van der Waals surface area contributed by atoms with Gasteiger partial charge in [0.1, 0.15) is 5.76 Å². The van der Waals surface area contributed by atoms with E-state index in [0.717, 1.165) is 37.9 Å². The topological polar surface area (TPSA) is 53.8 Å². The quantitative estimate of drug-likeness (QED) is 0.461. The predicted octanol–water partition coefficient (Wildman–Crippen LogP) is 4.67. The molecule has 0 fully saturated rings. The Morgan fingerprint density at radius 1 is 0.862 bits per heavy atom. The van der Waals surface area contributed by atoms with Gasteiger partial charge in [0.2, 0.25) is 11.8 Å². The molecule has 158 valence electrons. The predicted molar refractivity (Wildman–Crippen MR) is 115 cm³/mol. The normalized spacial score (nSPS) is 10.7. The van der Waals surface area contributed by atoms with Gasteiger partial charge in [-0.15, -0.1) is 0 Å². The third kappa shape index (κ3) is 8.14. The fraction of sp³-hybridized carbons (Fsp3) is 0.500. The molecule has 1 aromatic heterocycles. The summed E-state index contributed by atoms with van der Waals surface area (Å²) in [5.41, 5.74) is 1.19. The fourth-order valence-electron chi connectivity index (χ4n) is 3.30. The Morgan fingerprint density at radius 3 is 2.31 bits per heavy atom. The van der Waals surface area contributed by atoms with Crippen molar-refractivity contribution in [2.24, 2.45) is 0 Å². The molecule has 5 nitrogen and oxygen atoms in total. The molecule has 0 N–H and O–H groups in total. The van der Waals surface area contributed by atoms with E-state index in [0.29, 0.717) is 26.1 Å². The van der Waals surface area contributed by atoms with Crippen LogP contribution in [0.2, 0.25) is 0 Å². The number of nitrogens with zero attached hydrogens (tertiary/aromatic N) is 2. The first-order chi connectivity index (χ1) is 14.1. The molecule has 2 rings (SSSR count). The third-order valence-electron chi connectivity index (χ3n) is 4.96. The molecule has 0 aliphatic heterocycles. The van der Waals surface area contributed by atoms with Crippen molar-refractivity contribution in [3.8, 4) is 0 Å². The molecule has 0 bridgehead atoms. The highest BCUT2D eigenvalue weighted by Gasteiger charge is 2.21. The molecule has 2 amide bonds. The molecule has 0 radical (unpaired) electrons. The zero-order chi connectivity index (χ0) is 20.9. The van der Waals surface area contributed by atoms with Crippen LogP contribution in [0.15, 0.2) is 53.1 Å². The van der Waals surface area contributed by atoms with Crippen LogP contribution in [0.1, 0.15) is 57.3 Å². The van der Waals surface area contributed by atoms with Gasteiger partial charge in [-0.1, -0.05) is 57.0 Å². The van der Waals surface area contributed by atoms with E-state index in [2.05, 4.69) is 19.1 Å². The van der Waals surface area contributed by atoms with E-state index in [4.69, 9.17) is 4.42 Å². The molecule has 0 aliphatic rings. The van der Waals surface area contributed by atoms with Crippen molar-refractivity contribution < 1.29 is 14.0 Å². The van der Waals surface area contributed by atoms with E-state index in [1.807, 2.05) is 37.3 Å². The number of carbonyl (C=O) groups excluding carboxylic acids is 2. The maximum absolute atomic E-state index is 13.1. The number of benzene rings is 1. The highest BCUT2D eigenvalue weighted by atomic mass is 16.3. The summed E-state index contributed by atoms with van der Waals surface area (Å²) in [5.74, 6) is 0.798. The summed E-state index contributed by atoms with van der Waals surface area (Å²) in [6.45, 7) is 5.92. The average Bonchev–Trinajstić information content (AvgIpc) is 3.24. The second kappa shape index (κ2) is 12.8. The van der Waals surface area contributed by atoms with Crippen LogP contribution < -0.4 is 0 Å². The van der Waals surface area contributed by atoms with Gasteiger partial charge in [0.05, 0.1) is 19.4 Å². The molecule has 0 saturated heterocycles. The molecule has 0 atom stereocenters. The monoisotopic (exact) mass is 398 g/mol. The molecule has 1 heterocycles. The van der Waals surface area contributed by atoms with Crippen LogP contribution in [0.25, 0.3) is 0 Å². The molecule has 0 aliphatic carbocycles. The van der Waals surface area contributed by atoms with Gasteiger partial charge in [0, 0.05) is 19.5 Å². The number of unbranched alkanes of at least 4 members (excludes halogenated alkanes) is 2. The third-order valence-corrected chi connectivity index (χ3v) is 4.96. The van der Waals surface area contributed by atoms with Crippen LogP contribution in [0, 0.1) is 0 Å². The number of rotatable bonds is 13. The summed E-state index contributed by atoms with van der Waals surface area (Å²) in [7, 11) is 0. The van der Waals surface area contributed by atoms with Crippen LogP contribution >= 0.6 is 0 Å². The highest BCUT2D eigenvalue weighted by Crippen LogP contribution is 2.10. The molecule has 1 aromatic carbocycles. The SMILES string of the molecule is CCCCCC(=O)N(CCC)CC(=O)N(CCc1ccccc1)Cc1ccco1. The van der Waals surface area contributed by atoms with Crippen LogP contribution in [-0.4, -0.2) is 41.2 Å². The van der Waals surface area contributed by atoms with Crippen molar-refractivity contribution in [3.63, 3.8) is 0 Å². The smallest absolute Gasteiger partial charge is 0.242 e. The van der Waals surface area contributed by atoms with Crippen molar-refractivity contribution in [2.75, 3.05) is 19.6 Å². The minimum Gasteiger partial charge on any atom is -0.467 e. The van der Waals surface area contributed by atoms with Crippen molar-refractivity contribution >= 4 is 11.8 Å². The minimum atomic E-state index is -0.0328. The lowest BCUT2D eigenvalue weighted by atomic mass is 10.1. The Labute approximate surface area is 174 Å². The van der Waals surface area contributed by atoms with Gasteiger partial charge in [-0.3, -0.25) is 9.59 Å². The van der Waals surface area contributed by atoms with Crippen molar-refractivity contribution in [1.29, 1.82) is 0 Å². The molecular weight excluding hydrogens is 364 g/mol. The lowest BCUT2D eigenvalue weighted by Crippen LogP contribution is -2.43. The number of furan rings is 1. The molecule has 5 heteroatoms. The lowest BCUT2D eigenvalue weighted by Gasteiger charge is -2.27. The van der Waals surface area contributed by atoms with Crippen LogP contribution in [0.3, 0.4) is 0 Å². The summed E-state index contributed by atoms with van der Waals surface area (Å²) in [6, 6.07) is 13.8. The van der Waals surface area contributed by atoms with Gasteiger partial charge in [0.25, 0.3) is 0 Å². The zero-order valence-electron chi connectivity index (χ0n) is 17.8. The largest absolute Gasteiger partial charge is 0.467 e. The van der Waals surface area contributed by atoms with E-state index in [1.165, 1.54) is 5.56 Å². The van der Waals surface area contributed by atoms with Crippen molar-refractivity contribution in [1.82, 2.24) is 9.80 Å². The van der Waals surface area contributed by atoms with Gasteiger partial charge >= 0.3 is 0 Å². The number of hydrogen-bond donors (Lipinski definition) is 0. The van der Waals surface area contributed by atoms with Crippen LogP contribution in [0.5, 0.6) is 0 Å². The Bertz CT molecular complexity index is 713. The maximum Gasteiger partial charge on any atom is 0.242 e. The summed E-state index contributed by atoms with van der Waals surface area (Å²) >= 11 is 0. The first-order valence-electron chi connectivity index (χ1n) is 10.8. The standard InChI is InChI=1S/C24H34N2O3/c1-3-5-7-14-23(27)25(16-4-2)20-24(28)26(19-22-13-10-18-29-22)17-15-21-11-8-6-9-12-21/h6,8-13,18H,3-5,7,14-17,19-20H2,1-2H3. The Balaban J connectivity index is 2.01. The Morgan fingerprint density at radius 2 is 1.66 bits per heavy atom. The van der Waals surface area contributed by atoms with Gasteiger partial charge < -0.3 is 14.2 Å². The highest BCUT2D eigenvalue weighted by molar-refractivity contribution is 5.84. The number of carbonyl (C=O) groups is 2. The Kier molecular flexibility index (Phi) is 10.0. The second-order valence-electron chi connectivity index (χ2n) is 7.40. The number of amides is 2. The molecule has 2 aromatic rings. The van der Waals surface area contributed by atoms with E-state index in [9.17, 15) is 9.59 Å². The van der Waals surface area contributed by atoms with Crippen molar-refractivity contribution in [3.05, 3.63) is 60.1 Å². The van der Waals surface area contributed by atoms with E-state index >= 15 is 0 Å². The summed E-state index contributed by atoms with van der Waals surface area (Å²) < 4.78 is 5.46. The molecular formula is C24H34N2O3. The maximum atomic E-state index is 13.1. The fourth-order valence-corrected chi connectivity index (χ4v) is 3.30. The van der Waals surface area contributed by atoms with Gasteiger partial charge in [-0.2, -0.15) is 0 Å². The molecule has 0 saturated carbocycles. The average molecular weight is 399 g/mol. The minimum absolute atomic E-state index is 0.0328. The van der Waals surface area contributed by atoms with Crippen molar-refractivity contribution in [2.45, 2.75) is 58.9 Å². The zero-order valence-corrected chi connectivity index (χ0v) is 17.8. The lowest BCUT2D eigenvalue weighted by molar-refractivity contribution is -0.141. The Hall–Kier alpha value is -2.56. The summed E-state index contributed by atoms with van der Waals surface area (Å²) in [4.78, 5) is 29.2. The molecule has 0 unspecified atom stereocenters. The summed E-state index contributed by atoms with van der Waals surface area (Å²) in [5, 5.41) is 0. The van der Waals surface area contributed by atoms with Gasteiger partial charge in [-0.25, -0.2) is 0 Å². The molecule has 29 heavy (non-hydrogen) atoms. The molecule has 0 spiro atoms. The van der Waals surface area contributed by atoms with Crippen LogP contribution in [-0.2, 0) is 22.6 Å². The number of hydrogen-bond acceptors (Lipinski definition) is 3. The second-order valence-corrected chi connectivity index (χ2v) is 7.40. The van der Waals surface area contributed by atoms with E-state index < -0.39 is 0 Å². The first-order valence-corrected chi connectivity index (χ1v) is 10.8. The first kappa shape index (κ1) is 22.7. The van der Waals surface area contributed by atoms with E-state index in [1.54, 1.807) is 16.1 Å². The van der Waals surface area contributed by atoms with E-state index in [-0.39, 0.29) is 18.4 Å². The van der Waals surface area contributed by atoms with Gasteiger partial charge in [0.15, 0.2) is 0 Å². The van der Waals surface area contributed by atoms with Crippen LogP contribution in [0.4, 0.5) is 0 Å². The van der Waals surface area contributed by atoms with Gasteiger partial charge in [-0.05, 0) is 37.0 Å².